The first-order chi connectivity index (χ1) is 12.5. The maximum absolute atomic E-state index is 12.4. The van der Waals surface area contributed by atoms with E-state index in [0.717, 1.165) is 16.9 Å². The Kier molecular flexibility index (Phi) is 7.02. The number of carboxylic acid groups (broad SMARTS) is 1. The Balaban J connectivity index is 2.01. The van der Waals surface area contributed by atoms with E-state index < -0.39 is 5.97 Å². The van der Waals surface area contributed by atoms with Gasteiger partial charge in [-0.1, -0.05) is 30.3 Å². The fraction of sp³-hybridized carbons (Fsp3) is 0.300. The van der Waals surface area contributed by atoms with Crippen molar-refractivity contribution in [2.75, 3.05) is 12.4 Å². The number of amides is 2. The molecule has 138 valence electrons. The van der Waals surface area contributed by atoms with Crippen molar-refractivity contribution in [1.82, 2.24) is 5.32 Å². The molecule has 0 radical (unpaired) electrons. The van der Waals surface area contributed by atoms with Crippen LogP contribution in [-0.2, 0) is 11.2 Å². The van der Waals surface area contributed by atoms with Crippen molar-refractivity contribution in [3.63, 3.8) is 0 Å². The molecule has 3 N–H and O–H groups in total. The van der Waals surface area contributed by atoms with E-state index in [4.69, 9.17) is 9.84 Å². The molecular weight excluding hydrogens is 332 g/mol. The summed E-state index contributed by atoms with van der Waals surface area (Å²) in [5.41, 5.74) is 2.61. The van der Waals surface area contributed by atoms with E-state index >= 15 is 0 Å². The molecule has 0 aliphatic carbocycles. The van der Waals surface area contributed by atoms with Gasteiger partial charge in [0.2, 0.25) is 0 Å². The summed E-state index contributed by atoms with van der Waals surface area (Å²) in [7, 11) is 1.59. The lowest BCUT2D eigenvalue weighted by Gasteiger charge is -2.19. The van der Waals surface area contributed by atoms with E-state index in [1.165, 1.54) is 0 Å². The highest BCUT2D eigenvalue weighted by atomic mass is 16.5. The minimum atomic E-state index is -0.878. The predicted molar refractivity (Wildman–Crippen MR) is 101 cm³/mol. The third-order valence-electron chi connectivity index (χ3n) is 4.05. The van der Waals surface area contributed by atoms with E-state index in [9.17, 15) is 9.59 Å². The van der Waals surface area contributed by atoms with Gasteiger partial charge in [0.15, 0.2) is 0 Å². The molecule has 2 aromatic rings. The number of carbonyl (C=O) groups excluding carboxylic acids is 1. The lowest BCUT2D eigenvalue weighted by molar-refractivity contribution is -0.137. The Hall–Kier alpha value is -3.02. The van der Waals surface area contributed by atoms with Crippen LogP contribution in [0.4, 0.5) is 10.5 Å². The Labute approximate surface area is 153 Å². The van der Waals surface area contributed by atoms with E-state index in [-0.39, 0.29) is 18.5 Å². The molecule has 2 rings (SSSR count). The summed E-state index contributed by atoms with van der Waals surface area (Å²) in [5.74, 6) is -0.159. The van der Waals surface area contributed by atoms with Crippen LogP contribution >= 0.6 is 0 Å². The van der Waals surface area contributed by atoms with Crippen molar-refractivity contribution in [3.8, 4) is 5.75 Å². The molecule has 0 saturated heterocycles. The van der Waals surface area contributed by atoms with Crippen LogP contribution in [-0.4, -0.2) is 30.3 Å². The van der Waals surface area contributed by atoms with Crippen molar-refractivity contribution >= 4 is 17.7 Å². The standard InChI is InChI=1S/C20H24N2O4/c1-14-12-17(26-2)9-10-18(14)22-20(25)21-16(8-11-19(23)24)13-15-6-4-3-5-7-15/h3-7,9-10,12,16H,8,11,13H2,1-2H3,(H,23,24)(H2,21,22,25). The number of hydrogen-bond donors (Lipinski definition) is 3. The SMILES string of the molecule is COc1ccc(NC(=O)NC(CCC(=O)O)Cc2ccccc2)c(C)c1. The molecule has 0 aromatic heterocycles. The fourth-order valence-corrected chi connectivity index (χ4v) is 2.67. The summed E-state index contributed by atoms with van der Waals surface area (Å²) in [5, 5.41) is 14.6. The van der Waals surface area contributed by atoms with Gasteiger partial charge < -0.3 is 20.5 Å². The van der Waals surface area contributed by atoms with Crippen molar-refractivity contribution in [3.05, 3.63) is 59.7 Å². The molecule has 6 heteroatoms. The van der Waals surface area contributed by atoms with Crippen LogP contribution in [0.25, 0.3) is 0 Å². The number of ether oxygens (including phenoxy) is 1. The molecular formula is C20H24N2O4. The highest BCUT2D eigenvalue weighted by molar-refractivity contribution is 5.90. The topological polar surface area (TPSA) is 87.7 Å². The zero-order chi connectivity index (χ0) is 18.9. The van der Waals surface area contributed by atoms with Crippen LogP contribution in [0, 0.1) is 6.92 Å². The van der Waals surface area contributed by atoms with Crippen LogP contribution in [0.2, 0.25) is 0 Å². The number of benzene rings is 2. The molecule has 0 spiro atoms. The summed E-state index contributed by atoms with van der Waals surface area (Å²) < 4.78 is 5.16. The number of anilines is 1. The zero-order valence-electron chi connectivity index (χ0n) is 15.0. The van der Waals surface area contributed by atoms with Crippen molar-refractivity contribution < 1.29 is 19.4 Å². The highest BCUT2D eigenvalue weighted by Gasteiger charge is 2.15. The zero-order valence-corrected chi connectivity index (χ0v) is 15.0. The molecule has 6 nitrogen and oxygen atoms in total. The largest absolute Gasteiger partial charge is 0.497 e. The Morgan fingerprint density at radius 2 is 1.88 bits per heavy atom. The number of methoxy groups -OCH3 is 1. The normalized spacial score (nSPS) is 11.5. The smallest absolute Gasteiger partial charge is 0.319 e. The van der Waals surface area contributed by atoms with Gasteiger partial charge in [0.25, 0.3) is 0 Å². The van der Waals surface area contributed by atoms with Crippen LogP contribution < -0.4 is 15.4 Å². The molecule has 0 fully saturated rings. The average molecular weight is 356 g/mol. The Morgan fingerprint density at radius 3 is 2.50 bits per heavy atom. The number of urea groups is 1. The molecule has 0 bridgehead atoms. The van der Waals surface area contributed by atoms with Gasteiger partial charge >= 0.3 is 12.0 Å². The molecule has 0 heterocycles. The maximum Gasteiger partial charge on any atom is 0.319 e. The molecule has 2 amide bonds. The number of aryl methyl sites for hydroxylation is 1. The third-order valence-corrected chi connectivity index (χ3v) is 4.05. The lowest BCUT2D eigenvalue weighted by atomic mass is 10.0. The first-order valence-electron chi connectivity index (χ1n) is 8.46. The van der Waals surface area contributed by atoms with E-state index in [2.05, 4.69) is 10.6 Å². The van der Waals surface area contributed by atoms with E-state index in [1.807, 2.05) is 43.3 Å². The fourth-order valence-electron chi connectivity index (χ4n) is 2.67. The summed E-state index contributed by atoms with van der Waals surface area (Å²) in [6.07, 6.45) is 0.932. The van der Waals surface area contributed by atoms with E-state index in [0.29, 0.717) is 18.5 Å². The molecule has 1 unspecified atom stereocenters. The van der Waals surface area contributed by atoms with Gasteiger partial charge in [-0.05, 0) is 49.1 Å². The number of carbonyl (C=O) groups is 2. The monoisotopic (exact) mass is 356 g/mol. The van der Waals surface area contributed by atoms with Crippen molar-refractivity contribution in [1.29, 1.82) is 0 Å². The summed E-state index contributed by atoms with van der Waals surface area (Å²) in [6.45, 7) is 1.88. The minimum absolute atomic E-state index is 0.000651. The average Bonchev–Trinajstić information content (AvgIpc) is 2.62. The third kappa shape index (κ3) is 6.12. The molecule has 0 aliphatic rings. The Bertz CT molecular complexity index is 747. The van der Waals surface area contributed by atoms with Gasteiger partial charge in [-0.3, -0.25) is 4.79 Å². The Morgan fingerprint density at radius 1 is 1.15 bits per heavy atom. The molecule has 2 aromatic carbocycles. The first kappa shape index (κ1) is 19.3. The highest BCUT2D eigenvalue weighted by Crippen LogP contribution is 2.21. The van der Waals surface area contributed by atoms with Gasteiger partial charge in [0.1, 0.15) is 5.75 Å². The number of rotatable bonds is 8. The van der Waals surface area contributed by atoms with Crippen LogP contribution in [0.1, 0.15) is 24.0 Å². The van der Waals surface area contributed by atoms with Gasteiger partial charge in [-0.2, -0.15) is 0 Å². The van der Waals surface area contributed by atoms with Gasteiger partial charge in [-0.15, -0.1) is 0 Å². The summed E-state index contributed by atoms with van der Waals surface area (Å²) in [6, 6.07) is 14.4. The second-order valence-electron chi connectivity index (χ2n) is 6.10. The second kappa shape index (κ2) is 9.46. The molecule has 0 saturated carbocycles. The minimum Gasteiger partial charge on any atom is -0.497 e. The summed E-state index contributed by atoms with van der Waals surface area (Å²) >= 11 is 0. The maximum atomic E-state index is 12.4. The van der Waals surface area contributed by atoms with Gasteiger partial charge in [0, 0.05) is 18.2 Å². The quantitative estimate of drug-likeness (QED) is 0.674. The number of nitrogens with one attached hydrogen (secondary N) is 2. The number of aliphatic carboxylic acids is 1. The van der Waals surface area contributed by atoms with E-state index in [1.54, 1.807) is 19.2 Å². The lowest BCUT2D eigenvalue weighted by Crippen LogP contribution is -2.39. The second-order valence-corrected chi connectivity index (χ2v) is 6.10. The number of carboxylic acids is 1. The van der Waals surface area contributed by atoms with Crippen molar-refractivity contribution in [2.45, 2.75) is 32.2 Å². The van der Waals surface area contributed by atoms with Crippen LogP contribution in [0.3, 0.4) is 0 Å². The summed E-state index contributed by atoms with van der Waals surface area (Å²) in [4.78, 5) is 23.3. The van der Waals surface area contributed by atoms with Gasteiger partial charge in [0.05, 0.1) is 7.11 Å². The van der Waals surface area contributed by atoms with Crippen molar-refractivity contribution in [2.24, 2.45) is 0 Å². The molecule has 1 atom stereocenters. The molecule has 0 aliphatic heterocycles. The molecule has 26 heavy (non-hydrogen) atoms. The predicted octanol–water partition coefficient (Wildman–Crippen LogP) is 3.60. The van der Waals surface area contributed by atoms with Crippen LogP contribution in [0.5, 0.6) is 5.75 Å². The van der Waals surface area contributed by atoms with Crippen LogP contribution in [0.15, 0.2) is 48.5 Å². The van der Waals surface area contributed by atoms with Gasteiger partial charge in [-0.25, -0.2) is 4.79 Å². The first-order valence-corrected chi connectivity index (χ1v) is 8.46. The number of hydrogen-bond acceptors (Lipinski definition) is 3.